The van der Waals surface area contributed by atoms with E-state index in [1.54, 1.807) is 0 Å². The third-order valence-electron chi connectivity index (χ3n) is 5.47. The Hall–Kier alpha value is -2.75. The molecule has 0 spiro atoms. The molecule has 0 aromatic heterocycles. The molecule has 1 aromatic carbocycles. The largest absolute Gasteiger partial charge is 0.491 e. The number of hydrogen-bond acceptors (Lipinski definition) is 5. The van der Waals surface area contributed by atoms with Gasteiger partial charge in [-0.3, -0.25) is 0 Å². The van der Waals surface area contributed by atoms with E-state index in [0.29, 0.717) is 5.75 Å². The molecule has 0 radical (unpaired) electrons. The van der Waals surface area contributed by atoms with Crippen molar-refractivity contribution in [3.8, 4) is 24.0 Å². The Balaban J connectivity index is 2.35. The zero-order valence-corrected chi connectivity index (χ0v) is 17.5. The lowest BCUT2D eigenvalue weighted by atomic mass is 9.56. The molecule has 2 atom stereocenters. The topological polar surface area (TPSA) is 107 Å². The second-order valence-corrected chi connectivity index (χ2v) is 8.37. The summed E-state index contributed by atoms with van der Waals surface area (Å²) in [5.41, 5.74) is 6.66. The molecule has 0 amide bonds. The summed E-state index contributed by atoms with van der Waals surface area (Å²) >= 11 is 3.51. The summed E-state index contributed by atoms with van der Waals surface area (Å²) in [5.74, 6) is -0.0209. The smallest absolute Gasteiger partial charge is 0.191 e. The van der Waals surface area contributed by atoms with E-state index in [0.717, 1.165) is 34.9 Å². The number of rotatable bonds is 3. The lowest BCUT2D eigenvalue weighted by Gasteiger charge is -2.43. The Kier molecular flexibility index (Phi) is 5.50. The quantitative estimate of drug-likeness (QED) is 0.729. The van der Waals surface area contributed by atoms with Crippen LogP contribution in [0.15, 0.2) is 45.6 Å². The molecule has 0 bridgehead atoms. The molecule has 0 saturated carbocycles. The van der Waals surface area contributed by atoms with Crippen molar-refractivity contribution in [1.29, 1.82) is 15.8 Å². The van der Waals surface area contributed by atoms with Crippen molar-refractivity contribution in [2.75, 3.05) is 0 Å². The van der Waals surface area contributed by atoms with Crippen LogP contribution in [0.2, 0.25) is 0 Å². The molecule has 0 fully saturated rings. The van der Waals surface area contributed by atoms with Crippen LogP contribution in [0.4, 0.5) is 0 Å². The highest BCUT2D eigenvalue weighted by Gasteiger charge is 2.54. The van der Waals surface area contributed by atoms with Crippen molar-refractivity contribution in [3.05, 3.63) is 51.2 Å². The molecule has 0 unspecified atom stereocenters. The van der Waals surface area contributed by atoms with E-state index in [-0.39, 0.29) is 23.3 Å². The third kappa shape index (κ3) is 3.07. The van der Waals surface area contributed by atoms with Gasteiger partial charge in [-0.15, -0.1) is 0 Å². The summed E-state index contributed by atoms with van der Waals surface area (Å²) in [4.78, 5) is 0. The predicted molar refractivity (Wildman–Crippen MR) is 109 cm³/mol. The number of ether oxygens (including phenoxy) is 1. The van der Waals surface area contributed by atoms with Gasteiger partial charge in [-0.25, -0.2) is 0 Å². The summed E-state index contributed by atoms with van der Waals surface area (Å²) in [7, 11) is 0. The Morgan fingerprint density at radius 1 is 1.25 bits per heavy atom. The molecular formula is C22H21BrN4O. The van der Waals surface area contributed by atoms with Gasteiger partial charge in [-0.2, -0.15) is 15.8 Å². The highest BCUT2D eigenvalue weighted by Crippen LogP contribution is 2.57. The first-order valence-corrected chi connectivity index (χ1v) is 10.1. The molecule has 2 aliphatic carbocycles. The van der Waals surface area contributed by atoms with Gasteiger partial charge in [0.1, 0.15) is 11.8 Å². The molecule has 0 saturated heterocycles. The van der Waals surface area contributed by atoms with Gasteiger partial charge >= 0.3 is 0 Å². The molecule has 2 aliphatic rings. The van der Waals surface area contributed by atoms with Crippen molar-refractivity contribution in [3.63, 3.8) is 0 Å². The fraction of sp³-hybridized carbons (Fsp3) is 0.409. The molecule has 1 aromatic rings. The minimum atomic E-state index is -1.62. The maximum atomic E-state index is 10.1. The van der Waals surface area contributed by atoms with Gasteiger partial charge < -0.3 is 10.5 Å². The van der Waals surface area contributed by atoms with E-state index in [2.05, 4.69) is 34.1 Å². The van der Waals surface area contributed by atoms with E-state index in [1.807, 2.05) is 38.1 Å². The normalized spacial score (nSPS) is 23.1. The van der Waals surface area contributed by atoms with Crippen LogP contribution in [0.5, 0.6) is 5.75 Å². The monoisotopic (exact) mass is 436 g/mol. The molecule has 142 valence electrons. The second-order valence-electron chi connectivity index (χ2n) is 7.46. The van der Waals surface area contributed by atoms with Crippen molar-refractivity contribution >= 4 is 15.9 Å². The van der Waals surface area contributed by atoms with E-state index in [4.69, 9.17) is 10.5 Å². The van der Waals surface area contributed by atoms with Crippen LogP contribution in [0, 0.1) is 45.3 Å². The highest BCUT2D eigenvalue weighted by molar-refractivity contribution is 9.10. The lowest BCUT2D eigenvalue weighted by molar-refractivity contribution is 0.230. The third-order valence-corrected chi connectivity index (χ3v) is 5.96. The van der Waals surface area contributed by atoms with Crippen molar-refractivity contribution in [2.24, 2.45) is 17.1 Å². The number of fused-ring (bicyclic) bond motifs is 1. The van der Waals surface area contributed by atoms with Gasteiger partial charge in [-0.1, -0.05) is 22.0 Å². The fourth-order valence-corrected chi connectivity index (χ4v) is 4.72. The first-order chi connectivity index (χ1) is 13.4. The maximum absolute atomic E-state index is 10.1. The minimum Gasteiger partial charge on any atom is -0.491 e. The lowest BCUT2D eigenvalue weighted by Crippen LogP contribution is -2.42. The number of allylic oxidation sites excluding steroid dienone is 4. The van der Waals surface area contributed by atoms with Crippen LogP contribution in [-0.2, 0) is 0 Å². The number of nitrogens with two attached hydrogens (primary N) is 1. The summed E-state index contributed by atoms with van der Waals surface area (Å²) in [6.45, 7) is 3.87. The van der Waals surface area contributed by atoms with Crippen LogP contribution < -0.4 is 10.5 Å². The zero-order chi connectivity index (χ0) is 20.5. The van der Waals surface area contributed by atoms with E-state index in [1.165, 1.54) is 0 Å². The summed E-state index contributed by atoms with van der Waals surface area (Å²) in [6, 6.07) is 12.1. The van der Waals surface area contributed by atoms with E-state index < -0.39 is 11.3 Å². The van der Waals surface area contributed by atoms with Crippen LogP contribution in [0.3, 0.4) is 0 Å². The number of nitriles is 3. The minimum absolute atomic E-state index is 0.0462. The Labute approximate surface area is 173 Å². The molecule has 2 N–H and O–H groups in total. The molecular weight excluding hydrogens is 416 g/mol. The van der Waals surface area contributed by atoms with Crippen LogP contribution >= 0.6 is 15.9 Å². The second kappa shape index (κ2) is 7.70. The van der Waals surface area contributed by atoms with Crippen molar-refractivity contribution < 1.29 is 4.74 Å². The number of hydrogen-bond donors (Lipinski definition) is 1. The van der Waals surface area contributed by atoms with Gasteiger partial charge in [0, 0.05) is 16.0 Å². The fourth-order valence-electron chi connectivity index (χ4n) is 4.34. The Morgan fingerprint density at radius 3 is 2.57 bits per heavy atom. The zero-order valence-electron chi connectivity index (χ0n) is 15.9. The van der Waals surface area contributed by atoms with Crippen LogP contribution in [0.1, 0.15) is 44.6 Å². The molecule has 6 heteroatoms. The number of benzene rings is 1. The van der Waals surface area contributed by atoms with Gasteiger partial charge in [0.15, 0.2) is 5.41 Å². The van der Waals surface area contributed by atoms with Gasteiger partial charge in [0.25, 0.3) is 0 Å². The van der Waals surface area contributed by atoms with Crippen LogP contribution in [0.25, 0.3) is 0 Å². The maximum Gasteiger partial charge on any atom is 0.191 e. The number of halogens is 1. The molecule has 3 rings (SSSR count). The predicted octanol–water partition coefficient (Wildman–Crippen LogP) is 4.83. The van der Waals surface area contributed by atoms with Gasteiger partial charge in [0.05, 0.1) is 29.5 Å². The standard InChI is InChI=1S/C22H21BrN4O/c1-13(2)28-19-8-7-14(23)9-17(19)20-16-6-4-3-5-15(16)18(10-24)21(27)22(20,11-25)12-26/h5,7-9,13,16,20H,3-4,6,27H2,1-2H3/t16-,20-/m0/s1. The molecule has 0 heterocycles. The van der Waals surface area contributed by atoms with E-state index in [9.17, 15) is 15.8 Å². The summed E-state index contributed by atoms with van der Waals surface area (Å²) < 4.78 is 6.85. The Bertz CT molecular complexity index is 973. The molecule has 28 heavy (non-hydrogen) atoms. The average molecular weight is 437 g/mol. The average Bonchev–Trinajstić information content (AvgIpc) is 2.68. The van der Waals surface area contributed by atoms with Crippen LogP contribution in [-0.4, -0.2) is 6.10 Å². The van der Waals surface area contributed by atoms with Gasteiger partial charge in [0.2, 0.25) is 0 Å². The highest BCUT2D eigenvalue weighted by atomic mass is 79.9. The summed E-state index contributed by atoms with van der Waals surface area (Å²) in [6.07, 6.45) is 4.55. The molecule has 0 aliphatic heterocycles. The summed E-state index contributed by atoms with van der Waals surface area (Å²) in [5, 5.41) is 30.0. The van der Waals surface area contributed by atoms with Crippen molar-refractivity contribution in [1.82, 2.24) is 0 Å². The van der Waals surface area contributed by atoms with Gasteiger partial charge in [-0.05, 0) is 62.8 Å². The van der Waals surface area contributed by atoms with E-state index >= 15 is 0 Å². The number of nitrogens with zero attached hydrogens (tertiary/aromatic N) is 3. The first kappa shape index (κ1) is 20.0. The van der Waals surface area contributed by atoms with Crippen molar-refractivity contribution in [2.45, 2.75) is 45.1 Å². The first-order valence-electron chi connectivity index (χ1n) is 9.29. The molecule has 5 nitrogen and oxygen atoms in total. The Morgan fingerprint density at radius 2 is 1.96 bits per heavy atom. The SMILES string of the molecule is CC(C)Oc1ccc(Br)cc1[C@@H]1[C@H]2CCCC=C2C(C#N)=C(N)C1(C#N)C#N.